The van der Waals surface area contributed by atoms with E-state index >= 15 is 0 Å². The van der Waals surface area contributed by atoms with Gasteiger partial charge in [-0.3, -0.25) is 9.59 Å². The van der Waals surface area contributed by atoms with Gasteiger partial charge in [-0.05, 0) is 49.2 Å². The van der Waals surface area contributed by atoms with Crippen LogP contribution in [-0.4, -0.2) is 35.3 Å². The van der Waals surface area contributed by atoms with Crippen molar-refractivity contribution in [3.63, 3.8) is 0 Å². The zero-order valence-electron chi connectivity index (χ0n) is 14.4. The van der Waals surface area contributed by atoms with Crippen LogP contribution in [-0.2, 0) is 4.79 Å². The highest BCUT2D eigenvalue weighted by Crippen LogP contribution is 2.20. The first-order chi connectivity index (χ1) is 12.0. The maximum atomic E-state index is 12.5. The Kier molecular flexibility index (Phi) is 4.81. The van der Waals surface area contributed by atoms with Gasteiger partial charge in [0.25, 0.3) is 5.91 Å². The molecule has 1 N–H and O–H groups in total. The summed E-state index contributed by atoms with van der Waals surface area (Å²) >= 11 is 1.49. The number of aromatic nitrogens is 1. The Morgan fingerprint density at radius 2 is 2.00 bits per heavy atom. The number of nitrogens with zero attached hydrogens (tertiary/aromatic N) is 2. The Morgan fingerprint density at radius 3 is 2.80 bits per heavy atom. The van der Waals surface area contributed by atoms with Crippen LogP contribution in [0.5, 0.6) is 0 Å². The molecule has 0 atom stereocenters. The molecule has 0 saturated carbocycles. The van der Waals surface area contributed by atoms with Crippen molar-refractivity contribution in [1.29, 1.82) is 0 Å². The Bertz CT molecular complexity index is 949. The van der Waals surface area contributed by atoms with Crippen LogP contribution in [0.2, 0.25) is 0 Å². The molecular formula is C19H19N3O2S. The van der Waals surface area contributed by atoms with Gasteiger partial charge in [-0.1, -0.05) is 12.1 Å². The highest BCUT2D eigenvalue weighted by Gasteiger charge is 2.16. The quantitative estimate of drug-likeness (QED) is 0.779. The summed E-state index contributed by atoms with van der Waals surface area (Å²) in [6.07, 6.45) is 0. The summed E-state index contributed by atoms with van der Waals surface area (Å²) in [6, 6.07) is 11.1. The van der Waals surface area contributed by atoms with E-state index in [2.05, 4.69) is 10.3 Å². The minimum Gasteiger partial charge on any atom is -0.332 e. The second-order valence-electron chi connectivity index (χ2n) is 5.99. The van der Waals surface area contributed by atoms with Gasteiger partial charge in [-0.15, -0.1) is 11.3 Å². The first-order valence-corrected chi connectivity index (χ1v) is 8.78. The molecule has 3 aromatic rings. The third-order valence-electron chi connectivity index (χ3n) is 4.18. The van der Waals surface area contributed by atoms with E-state index in [4.69, 9.17) is 0 Å². The topological polar surface area (TPSA) is 62.3 Å². The molecule has 0 bridgehead atoms. The summed E-state index contributed by atoms with van der Waals surface area (Å²) in [4.78, 5) is 30.5. The van der Waals surface area contributed by atoms with Crippen LogP contribution in [0.25, 0.3) is 10.2 Å². The highest BCUT2D eigenvalue weighted by molar-refractivity contribution is 7.16. The zero-order chi connectivity index (χ0) is 18.0. The minimum absolute atomic E-state index is 0.00700. The fourth-order valence-electron chi connectivity index (χ4n) is 2.57. The summed E-state index contributed by atoms with van der Waals surface area (Å²) in [5.74, 6) is -0.408. The van der Waals surface area contributed by atoms with Crippen LogP contribution in [0.3, 0.4) is 0 Å². The SMILES string of the molecule is Cc1cccc(NC(=O)CN(C)C(=O)c2ccc3ncsc3c2)c1C. The van der Waals surface area contributed by atoms with Crippen molar-refractivity contribution in [3.05, 3.63) is 58.6 Å². The molecule has 0 unspecified atom stereocenters. The smallest absolute Gasteiger partial charge is 0.254 e. The first-order valence-electron chi connectivity index (χ1n) is 7.90. The van der Waals surface area contributed by atoms with Crippen LogP contribution in [0.15, 0.2) is 41.9 Å². The van der Waals surface area contributed by atoms with Crippen molar-refractivity contribution in [2.24, 2.45) is 0 Å². The van der Waals surface area contributed by atoms with Gasteiger partial charge >= 0.3 is 0 Å². The normalized spacial score (nSPS) is 10.7. The van der Waals surface area contributed by atoms with E-state index in [1.807, 2.05) is 44.2 Å². The average Bonchev–Trinajstić information content (AvgIpc) is 3.05. The maximum Gasteiger partial charge on any atom is 0.254 e. The number of amides is 2. The molecule has 1 heterocycles. The molecule has 0 spiro atoms. The zero-order valence-corrected chi connectivity index (χ0v) is 15.2. The molecule has 0 aliphatic rings. The van der Waals surface area contributed by atoms with Crippen molar-refractivity contribution >= 4 is 39.1 Å². The van der Waals surface area contributed by atoms with Crippen LogP contribution in [0.1, 0.15) is 21.5 Å². The van der Waals surface area contributed by atoms with Gasteiger partial charge in [0, 0.05) is 18.3 Å². The van der Waals surface area contributed by atoms with Crippen LogP contribution in [0.4, 0.5) is 5.69 Å². The third kappa shape index (κ3) is 3.69. The second kappa shape index (κ2) is 7.03. The number of carbonyl (C=O) groups excluding carboxylic acids is 2. The van der Waals surface area contributed by atoms with Gasteiger partial charge in [0.15, 0.2) is 0 Å². The number of carbonyl (C=O) groups is 2. The van der Waals surface area contributed by atoms with Crippen LogP contribution >= 0.6 is 11.3 Å². The van der Waals surface area contributed by atoms with Crippen molar-refractivity contribution in [2.45, 2.75) is 13.8 Å². The van der Waals surface area contributed by atoms with Crippen LogP contribution in [0, 0.1) is 13.8 Å². The highest BCUT2D eigenvalue weighted by atomic mass is 32.1. The van der Waals surface area contributed by atoms with E-state index in [0.29, 0.717) is 5.56 Å². The number of anilines is 1. The fraction of sp³-hybridized carbons (Fsp3) is 0.211. The molecule has 0 saturated heterocycles. The predicted octanol–water partition coefficient (Wildman–Crippen LogP) is 3.62. The van der Waals surface area contributed by atoms with Gasteiger partial charge in [0.05, 0.1) is 22.3 Å². The number of rotatable bonds is 4. The number of hydrogen-bond acceptors (Lipinski definition) is 4. The summed E-state index contributed by atoms with van der Waals surface area (Å²) < 4.78 is 0.957. The predicted molar refractivity (Wildman–Crippen MR) is 101 cm³/mol. The lowest BCUT2D eigenvalue weighted by atomic mass is 10.1. The molecule has 3 rings (SSSR count). The Balaban J connectivity index is 1.68. The van der Waals surface area contributed by atoms with Crippen molar-refractivity contribution in [3.8, 4) is 0 Å². The average molecular weight is 353 g/mol. The van der Waals surface area contributed by atoms with Gasteiger partial charge < -0.3 is 10.2 Å². The second-order valence-corrected chi connectivity index (χ2v) is 6.88. The summed E-state index contributed by atoms with van der Waals surface area (Å²) in [5.41, 5.74) is 6.09. The van der Waals surface area contributed by atoms with E-state index < -0.39 is 0 Å². The lowest BCUT2D eigenvalue weighted by molar-refractivity contribution is -0.116. The first kappa shape index (κ1) is 17.1. The van der Waals surface area contributed by atoms with E-state index in [1.165, 1.54) is 16.2 Å². The number of nitrogens with one attached hydrogen (secondary N) is 1. The lowest BCUT2D eigenvalue weighted by Crippen LogP contribution is -2.35. The molecule has 0 radical (unpaired) electrons. The molecule has 2 aromatic carbocycles. The number of fused-ring (bicyclic) bond motifs is 1. The summed E-state index contributed by atoms with van der Waals surface area (Å²) in [7, 11) is 1.63. The Hall–Kier alpha value is -2.73. The Morgan fingerprint density at radius 1 is 1.20 bits per heavy atom. The maximum absolute atomic E-state index is 12.5. The summed E-state index contributed by atoms with van der Waals surface area (Å²) in [6.45, 7) is 3.95. The summed E-state index contributed by atoms with van der Waals surface area (Å²) in [5, 5.41) is 2.87. The monoisotopic (exact) mass is 353 g/mol. The van der Waals surface area contributed by atoms with E-state index in [0.717, 1.165) is 27.0 Å². The molecule has 6 heteroatoms. The lowest BCUT2D eigenvalue weighted by Gasteiger charge is -2.18. The molecule has 0 fully saturated rings. The number of aryl methyl sites for hydroxylation is 1. The molecule has 25 heavy (non-hydrogen) atoms. The standard InChI is InChI=1S/C19H19N3O2S/c1-12-5-4-6-15(13(12)2)21-18(23)10-22(3)19(24)14-7-8-16-17(9-14)25-11-20-16/h4-9,11H,10H2,1-3H3,(H,21,23). The van der Waals surface area contributed by atoms with Gasteiger partial charge in [-0.25, -0.2) is 4.98 Å². The molecule has 1 aromatic heterocycles. The largest absolute Gasteiger partial charge is 0.332 e. The molecular weight excluding hydrogens is 334 g/mol. The fourth-order valence-corrected chi connectivity index (χ4v) is 3.29. The number of benzene rings is 2. The van der Waals surface area contributed by atoms with E-state index in [9.17, 15) is 9.59 Å². The third-order valence-corrected chi connectivity index (χ3v) is 4.98. The van der Waals surface area contributed by atoms with E-state index in [-0.39, 0.29) is 18.4 Å². The van der Waals surface area contributed by atoms with E-state index in [1.54, 1.807) is 18.6 Å². The molecule has 128 valence electrons. The van der Waals surface area contributed by atoms with Crippen molar-refractivity contribution < 1.29 is 9.59 Å². The minimum atomic E-state index is -0.219. The van der Waals surface area contributed by atoms with Crippen molar-refractivity contribution in [1.82, 2.24) is 9.88 Å². The molecule has 0 aliphatic carbocycles. The van der Waals surface area contributed by atoms with Crippen molar-refractivity contribution in [2.75, 3.05) is 18.9 Å². The van der Waals surface area contributed by atoms with Gasteiger partial charge in [0.2, 0.25) is 5.91 Å². The Labute approximate surface area is 150 Å². The molecule has 0 aliphatic heterocycles. The number of thiazole rings is 1. The van der Waals surface area contributed by atoms with Gasteiger partial charge in [0.1, 0.15) is 0 Å². The number of hydrogen-bond donors (Lipinski definition) is 1. The van der Waals surface area contributed by atoms with Gasteiger partial charge in [-0.2, -0.15) is 0 Å². The molecule has 2 amide bonds. The van der Waals surface area contributed by atoms with Crippen LogP contribution < -0.4 is 5.32 Å². The number of likely N-dealkylation sites (N-methyl/N-ethyl adjacent to an activating group) is 1. The molecule has 5 nitrogen and oxygen atoms in total.